The molecule has 0 spiro atoms. The summed E-state index contributed by atoms with van der Waals surface area (Å²) < 4.78 is 5.19. The van der Waals surface area contributed by atoms with Gasteiger partial charge in [-0.25, -0.2) is 0 Å². The Labute approximate surface area is 137 Å². The van der Waals surface area contributed by atoms with Crippen LogP contribution in [0.5, 0.6) is 0 Å². The molecule has 1 aromatic carbocycles. The van der Waals surface area contributed by atoms with Crippen LogP contribution in [0, 0.1) is 5.41 Å². The normalized spacial score (nSPS) is 22.2. The number of likely N-dealkylation sites (tertiary alicyclic amines) is 1. The maximum atomic E-state index is 10.7. The maximum absolute atomic E-state index is 10.7. The van der Waals surface area contributed by atoms with Crippen LogP contribution < -0.4 is 0 Å². The van der Waals surface area contributed by atoms with Gasteiger partial charge in [-0.05, 0) is 36.9 Å². The summed E-state index contributed by atoms with van der Waals surface area (Å²) in [5.41, 5.74) is 1.95. The highest BCUT2D eigenvalue weighted by atomic mass is 16.5. The van der Waals surface area contributed by atoms with Gasteiger partial charge in [0.25, 0.3) is 0 Å². The van der Waals surface area contributed by atoms with Crippen molar-refractivity contribution in [1.29, 1.82) is 0 Å². The van der Waals surface area contributed by atoms with Gasteiger partial charge in [0.05, 0.1) is 13.0 Å². The molecule has 1 aliphatic heterocycles. The third kappa shape index (κ3) is 5.30. The first-order chi connectivity index (χ1) is 11.1. The van der Waals surface area contributed by atoms with E-state index in [9.17, 15) is 9.90 Å². The van der Waals surface area contributed by atoms with Crippen LogP contribution in [0.25, 0.3) is 0 Å². The predicted octanol–water partition coefficient (Wildman–Crippen LogP) is 1.92. The van der Waals surface area contributed by atoms with Crippen LogP contribution in [0.3, 0.4) is 0 Å². The van der Waals surface area contributed by atoms with E-state index in [1.165, 1.54) is 5.56 Å². The number of carbonyl (C=O) groups is 1. The van der Waals surface area contributed by atoms with Crippen molar-refractivity contribution in [1.82, 2.24) is 4.90 Å². The highest BCUT2D eigenvalue weighted by Gasteiger charge is 2.34. The number of carboxylic acids is 1. The molecule has 23 heavy (non-hydrogen) atoms. The van der Waals surface area contributed by atoms with Gasteiger partial charge in [-0.2, -0.15) is 0 Å². The predicted molar refractivity (Wildman–Crippen MR) is 88.3 cm³/mol. The molecular weight excluding hydrogens is 294 g/mol. The molecule has 0 aliphatic carbocycles. The van der Waals surface area contributed by atoms with Crippen LogP contribution in [0.2, 0.25) is 0 Å². The molecule has 1 unspecified atom stereocenters. The lowest BCUT2D eigenvalue weighted by atomic mass is 9.78. The van der Waals surface area contributed by atoms with Crippen LogP contribution in [-0.2, 0) is 22.5 Å². The van der Waals surface area contributed by atoms with Gasteiger partial charge in [-0.3, -0.25) is 9.69 Å². The second kappa shape index (κ2) is 8.43. The Morgan fingerprint density at radius 1 is 1.30 bits per heavy atom. The smallest absolute Gasteiger partial charge is 0.307 e. The van der Waals surface area contributed by atoms with E-state index in [0.717, 1.165) is 44.5 Å². The summed E-state index contributed by atoms with van der Waals surface area (Å²) in [6.07, 6.45) is 3.07. The first-order valence-electron chi connectivity index (χ1n) is 8.19. The van der Waals surface area contributed by atoms with Gasteiger partial charge < -0.3 is 14.9 Å². The van der Waals surface area contributed by atoms with Crippen molar-refractivity contribution in [2.75, 3.05) is 33.4 Å². The molecule has 128 valence electrons. The zero-order chi connectivity index (χ0) is 16.7. The molecular formula is C18H27NO4. The van der Waals surface area contributed by atoms with Crippen molar-refractivity contribution < 1.29 is 19.7 Å². The Bertz CT molecular complexity index is 502. The summed E-state index contributed by atoms with van der Waals surface area (Å²) >= 11 is 0. The van der Waals surface area contributed by atoms with E-state index >= 15 is 0 Å². The lowest BCUT2D eigenvalue weighted by molar-refractivity contribution is -0.136. The fourth-order valence-electron chi connectivity index (χ4n) is 3.37. The average Bonchev–Trinajstić information content (AvgIpc) is 2.55. The van der Waals surface area contributed by atoms with Gasteiger partial charge in [0.15, 0.2) is 0 Å². The van der Waals surface area contributed by atoms with Gasteiger partial charge in [-0.1, -0.05) is 24.3 Å². The Balaban J connectivity index is 1.95. The fraction of sp³-hybridized carbons (Fsp3) is 0.611. The molecule has 1 atom stereocenters. The molecule has 2 N–H and O–H groups in total. The monoisotopic (exact) mass is 321 g/mol. The van der Waals surface area contributed by atoms with Crippen LogP contribution in [-0.4, -0.2) is 54.5 Å². The number of aliphatic hydroxyl groups is 1. The van der Waals surface area contributed by atoms with Gasteiger partial charge >= 0.3 is 5.97 Å². The maximum Gasteiger partial charge on any atom is 0.307 e. The molecule has 1 saturated heterocycles. The van der Waals surface area contributed by atoms with E-state index in [4.69, 9.17) is 9.84 Å². The second-order valence-corrected chi connectivity index (χ2v) is 6.60. The summed E-state index contributed by atoms with van der Waals surface area (Å²) in [6.45, 7) is 3.63. The number of carboxylic acid groups (broad SMARTS) is 1. The minimum absolute atomic E-state index is 0.0580. The summed E-state index contributed by atoms with van der Waals surface area (Å²) in [5.74, 6) is -0.806. The summed E-state index contributed by atoms with van der Waals surface area (Å²) in [4.78, 5) is 13.1. The Hall–Kier alpha value is -1.43. The number of aliphatic hydroxyl groups excluding tert-OH is 1. The number of nitrogens with zero attached hydrogens (tertiary/aromatic N) is 1. The number of methoxy groups -OCH3 is 1. The Morgan fingerprint density at radius 2 is 2.00 bits per heavy atom. The van der Waals surface area contributed by atoms with Crippen molar-refractivity contribution in [2.45, 2.75) is 32.2 Å². The molecule has 1 aliphatic rings. The van der Waals surface area contributed by atoms with Gasteiger partial charge in [0.2, 0.25) is 0 Å². The molecule has 0 radical (unpaired) electrons. The molecule has 2 rings (SSSR count). The minimum atomic E-state index is -0.806. The molecule has 1 aromatic rings. The summed E-state index contributed by atoms with van der Waals surface area (Å²) in [6, 6.07) is 7.78. The number of benzene rings is 1. The topological polar surface area (TPSA) is 70.0 Å². The highest BCUT2D eigenvalue weighted by Crippen LogP contribution is 2.33. The van der Waals surface area contributed by atoms with Crippen molar-refractivity contribution in [3.8, 4) is 0 Å². The second-order valence-electron chi connectivity index (χ2n) is 6.60. The third-order valence-corrected chi connectivity index (χ3v) is 4.70. The molecule has 0 saturated carbocycles. The first-order valence-corrected chi connectivity index (χ1v) is 8.19. The quantitative estimate of drug-likeness (QED) is 0.765. The number of aliphatic carboxylic acids is 1. The number of piperidine rings is 1. The van der Waals surface area contributed by atoms with Crippen molar-refractivity contribution in [3.63, 3.8) is 0 Å². The van der Waals surface area contributed by atoms with Crippen LogP contribution in [0.1, 0.15) is 30.4 Å². The first kappa shape index (κ1) is 17.9. The summed E-state index contributed by atoms with van der Waals surface area (Å²) in [5, 5.41) is 18.6. The molecule has 1 fully saturated rings. The molecule has 5 nitrogen and oxygen atoms in total. The van der Waals surface area contributed by atoms with Crippen molar-refractivity contribution >= 4 is 5.97 Å². The van der Waals surface area contributed by atoms with Gasteiger partial charge in [0, 0.05) is 32.2 Å². The average molecular weight is 321 g/mol. The number of rotatable bonds is 8. The van der Waals surface area contributed by atoms with Crippen LogP contribution in [0.4, 0.5) is 0 Å². The van der Waals surface area contributed by atoms with Gasteiger partial charge in [-0.15, -0.1) is 0 Å². The van der Waals surface area contributed by atoms with E-state index in [1.807, 2.05) is 24.3 Å². The third-order valence-electron chi connectivity index (χ3n) is 4.70. The minimum Gasteiger partial charge on any atom is -0.481 e. The van der Waals surface area contributed by atoms with Gasteiger partial charge in [0.1, 0.15) is 0 Å². The highest BCUT2D eigenvalue weighted by molar-refractivity contribution is 5.70. The van der Waals surface area contributed by atoms with E-state index in [1.54, 1.807) is 7.11 Å². The standard InChI is InChI=1S/C18H27NO4/c1-23-10-8-18(14-20)7-2-9-19(13-18)12-16-5-3-15(4-6-16)11-17(21)22/h3-6,20H,2,7-14H2,1H3,(H,21,22). The molecule has 0 bridgehead atoms. The zero-order valence-electron chi connectivity index (χ0n) is 13.8. The largest absolute Gasteiger partial charge is 0.481 e. The van der Waals surface area contributed by atoms with E-state index in [-0.39, 0.29) is 18.4 Å². The van der Waals surface area contributed by atoms with Crippen LogP contribution in [0.15, 0.2) is 24.3 Å². The summed E-state index contributed by atoms with van der Waals surface area (Å²) in [7, 11) is 1.70. The number of hydrogen-bond donors (Lipinski definition) is 2. The van der Waals surface area contributed by atoms with E-state index in [2.05, 4.69) is 4.90 Å². The lowest BCUT2D eigenvalue weighted by Gasteiger charge is -2.42. The number of ether oxygens (including phenoxy) is 1. The molecule has 0 aromatic heterocycles. The lowest BCUT2D eigenvalue weighted by Crippen LogP contribution is -2.45. The van der Waals surface area contributed by atoms with E-state index < -0.39 is 5.97 Å². The number of hydrogen-bond acceptors (Lipinski definition) is 4. The fourth-order valence-corrected chi connectivity index (χ4v) is 3.37. The Kier molecular flexibility index (Phi) is 6.57. The van der Waals surface area contributed by atoms with Crippen molar-refractivity contribution in [3.05, 3.63) is 35.4 Å². The molecule has 1 heterocycles. The SMILES string of the molecule is COCCC1(CO)CCCN(Cc2ccc(CC(=O)O)cc2)C1. The molecule has 0 amide bonds. The van der Waals surface area contributed by atoms with Crippen molar-refractivity contribution in [2.24, 2.45) is 5.41 Å². The zero-order valence-corrected chi connectivity index (χ0v) is 13.8. The van der Waals surface area contributed by atoms with Crippen LogP contribution >= 0.6 is 0 Å². The van der Waals surface area contributed by atoms with E-state index in [0.29, 0.717) is 6.61 Å². The molecule has 5 heteroatoms. The Morgan fingerprint density at radius 3 is 2.61 bits per heavy atom.